The largest absolute Gasteiger partial charge is 0.462 e. The van der Waals surface area contributed by atoms with Gasteiger partial charge in [-0.25, -0.2) is 4.79 Å². The molecule has 1 N–H and O–H groups in total. The summed E-state index contributed by atoms with van der Waals surface area (Å²) in [6.45, 7) is 2.05. The standard InChI is InChI=1S/C12H10Cl2N2O2/c1-2-18-12(17)9-6-15-16-11(9)8-4-3-7(13)5-10(8)14/h3-6H,2H2,1H3,(H,15,16). The number of halogens is 2. The molecule has 6 heteroatoms. The zero-order valence-corrected chi connectivity index (χ0v) is 11.0. The molecule has 1 aromatic carbocycles. The van der Waals surface area contributed by atoms with E-state index in [1.54, 1.807) is 25.1 Å². The van der Waals surface area contributed by atoms with E-state index in [1.807, 2.05) is 0 Å². The Morgan fingerprint density at radius 1 is 1.44 bits per heavy atom. The Kier molecular flexibility index (Phi) is 3.89. The molecule has 0 aliphatic rings. The minimum Gasteiger partial charge on any atom is -0.462 e. The van der Waals surface area contributed by atoms with Gasteiger partial charge in [-0.3, -0.25) is 5.10 Å². The van der Waals surface area contributed by atoms with Crippen LogP contribution in [0.15, 0.2) is 24.4 Å². The number of carbonyl (C=O) groups excluding carboxylic acids is 1. The van der Waals surface area contributed by atoms with Gasteiger partial charge in [0.05, 0.1) is 23.5 Å². The van der Waals surface area contributed by atoms with E-state index in [0.29, 0.717) is 33.5 Å². The Hall–Kier alpha value is -1.52. The van der Waals surface area contributed by atoms with Crippen molar-refractivity contribution in [1.82, 2.24) is 10.2 Å². The fourth-order valence-corrected chi connectivity index (χ4v) is 2.05. The molecule has 0 spiro atoms. The van der Waals surface area contributed by atoms with E-state index in [-0.39, 0.29) is 0 Å². The molecule has 0 atom stereocenters. The summed E-state index contributed by atoms with van der Waals surface area (Å²) < 4.78 is 4.94. The zero-order valence-electron chi connectivity index (χ0n) is 9.54. The maximum absolute atomic E-state index is 11.7. The lowest BCUT2D eigenvalue weighted by Crippen LogP contribution is -2.05. The van der Waals surface area contributed by atoms with Crippen molar-refractivity contribution in [3.05, 3.63) is 40.0 Å². The number of rotatable bonds is 3. The van der Waals surface area contributed by atoms with Crippen LogP contribution < -0.4 is 0 Å². The van der Waals surface area contributed by atoms with Crippen LogP contribution in [-0.4, -0.2) is 22.8 Å². The molecular formula is C12H10Cl2N2O2. The summed E-state index contributed by atoms with van der Waals surface area (Å²) in [5, 5.41) is 7.56. The Bertz CT molecular complexity index is 581. The Balaban J connectivity index is 2.45. The third kappa shape index (κ3) is 2.49. The maximum atomic E-state index is 11.7. The summed E-state index contributed by atoms with van der Waals surface area (Å²) in [4.78, 5) is 11.7. The Morgan fingerprint density at radius 2 is 2.22 bits per heavy atom. The molecule has 1 heterocycles. The number of nitrogens with one attached hydrogen (secondary N) is 1. The molecule has 0 saturated heterocycles. The average molecular weight is 285 g/mol. The second-order valence-electron chi connectivity index (χ2n) is 3.50. The minimum atomic E-state index is -0.438. The van der Waals surface area contributed by atoms with E-state index in [0.717, 1.165) is 0 Å². The number of H-pyrrole nitrogens is 1. The lowest BCUT2D eigenvalue weighted by molar-refractivity contribution is 0.0527. The van der Waals surface area contributed by atoms with Crippen molar-refractivity contribution in [2.24, 2.45) is 0 Å². The van der Waals surface area contributed by atoms with Crippen LogP contribution in [0, 0.1) is 0 Å². The Labute approximate surface area is 114 Å². The third-order valence-corrected chi connectivity index (χ3v) is 2.88. The smallest absolute Gasteiger partial charge is 0.341 e. The highest BCUT2D eigenvalue weighted by atomic mass is 35.5. The van der Waals surface area contributed by atoms with Crippen molar-refractivity contribution in [2.75, 3.05) is 6.61 Å². The van der Waals surface area contributed by atoms with Gasteiger partial charge in [0.1, 0.15) is 5.56 Å². The summed E-state index contributed by atoms with van der Waals surface area (Å²) in [5.74, 6) is -0.438. The molecule has 18 heavy (non-hydrogen) atoms. The number of aromatic nitrogens is 2. The molecule has 0 fully saturated rings. The van der Waals surface area contributed by atoms with Gasteiger partial charge < -0.3 is 4.74 Å². The summed E-state index contributed by atoms with van der Waals surface area (Å²) >= 11 is 11.9. The van der Waals surface area contributed by atoms with Gasteiger partial charge in [0.15, 0.2) is 0 Å². The van der Waals surface area contributed by atoms with Gasteiger partial charge in [-0.1, -0.05) is 23.2 Å². The SMILES string of the molecule is CCOC(=O)c1cn[nH]c1-c1ccc(Cl)cc1Cl. The molecule has 0 unspecified atom stereocenters. The van der Waals surface area contributed by atoms with Crippen LogP contribution in [0.4, 0.5) is 0 Å². The molecule has 2 rings (SSSR count). The fraction of sp³-hybridized carbons (Fsp3) is 0.167. The van der Waals surface area contributed by atoms with E-state index in [4.69, 9.17) is 27.9 Å². The monoisotopic (exact) mass is 284 g/mol. The van der Waals surface area contributed by atoms with Crippen molar-refractivity contribution in [1.29, 1.82) is 0 Å². The molecule has 1 aromatic heterocycles. The number of hydrogen-bond acceptors (Lipinski definition) is 3. The molecule has 0 aliphatic heterocycles. The van der Waals surface area contributed by atoms with Crippen molar-refractivity contribution >= 4 is 29.2 Å². The molecule has 0 aliphatic carbocycles. The molecule has 4 nitrogen and oxygen atoms in total. The lowest BCUT2D eigenvalue weighted by atomic mass is 10.1. The van der Waals surface area contributed by atoms with Crippen molar-refractivity contribution in [3.63, 3.8) is 0 Å². The van der Waals surface area contributed by atoms with Gasteiger partial charge in [-0.05, 0) is 25.1 Å². The van der Waals surface area contributed by atoms with Crippen LogP contribution in [0.1, 0.15) is 17.3 Å². The predicted octanol–water partition coefficient (Wildman–Crippen LogP) is 3.56. The van der Waals surface area contributed by atoms with Gasteiger partial charge in [-0.15, -0.1) is 0 Å². The van der Waals surface area contributed by atoms with Crippen LogP contribution in [-0.2, 0) is 4.74 Å². The highest BCUT2D eigenvalue weighted by molar-refractivity contribution is 6.36. The molecule has 2 aromatic rings. The normalized spacial score (nSPS) is 10.4. The van der Waals surface area contributed by atoms with Crippen molar-refractivity contribution < 1.29 is 9.53 Å². The van der Waals surface area contributed by atoms with Crippen LogP contribution in [0.2, 0.25) is 10.0 Å². The van der Waals surface area contributed by atoms with E-state index in [9.17, 15) is 4.79 Å². The predicted molar refractivity (Wildman–Crippen MR) is 70.0 cm³/mol. The van der Waals surface area contributed by atoms with E-state index < -0.39 is 5.97 Å². The van der Waals surface area contributed by atoms with Crippen LogP contribution in [0.25, 0.3) is 11.3 Å². The van der Waals surface area contributed by atoms with Crippen LogP contribution >= 0.6 is 23.2 Å². The number of benzene rings is 1. The van der Waals surface area contributed by atoms with Crippen molar-refractivity contribution in [3.8, 4) is 11.3 Å². The van der Waals surface area contributed by atoms with Gasteiger partial charge >= 0.3 is 5.97 Å². The number of hydrogen-bond donors (Lipinski definition) is 1. The quantitative estimate of drug-likeness (QED) is 0.877. The molecule has 0 saturated carbocycles. The highest BCUT2D eigenvalue weighted by Gasteiger charge is 2.18. The van der Waals surface area contributed by atoms with E-state index >= 15 is 0 Å². The highest BCUT2D eigenvalue weighted by Crippen LogP contribution is 2.31. The minimum absolute atomic E-state index is 0.303. The number of nitrogens with zero attached hydrogens (tertiary/aromatic N) is 1. The van der Waals surface area contributed by atoms with E-state index in [1.165, 1.54) is 6.20 Å². The lowest BCUT2D eigenvalue weighted by Gasteiger charge is -2.05. The Morgan fingerprint density at radius 3 is 2.89 bits per heavy atom. The van der Waals surface area contributed by atoms with Crippen LogP contribution in [0.5, 0.6) is 0 Å². The van der Waals surface area contributed by atoms with Gasteiger partial charge in [0.25, 0.3) is 0 Å². The average Bonchev–Trinajstić information content (AvgIpc) is 2.78. The number of aromatic amines is 1. The number of ether oxygens (including phenoxy) is 1. The first-order valence-electron chi connectivity index (χ1n) is 5.29. The molecule has 0 radical (unpaired) electrons. The second kappa shape index (κ2) is 5.42. The van der Waals surface area contributed by atoms with Crippen molar-refractivity contribution in [2.45, 2.75) is 6.92 Å². The van der Waals surface area contributed by atoms with Gasteiger partial charge in [-0.2, -0.15) is 5.10 Å². The zero-order chi connectivity index (χ0) is 13.1. The van der Waals surface area contributed by atoms with Crippen LogP contribution in [0.3, 0.4) is 0 Å². The summed E-state index contributed by atoms with van der Waals surface area (Å²) in [6, 6.07) is 5.02. The first-order chi connectivity index (χ1) is 8.63. The van der Waals surface area contributed by atoms with Gasteiger partial charge in [0.2, 0.25) is 0 Å². The summed E-state index contributed by atoms with van der Waals surface area (Å²) in [7, 11) is 0. The molecule has 0 amide bonds. The van der Waals surface area contributed by atoms with Gasteiger partial charge in [0, 0.05) is 10.6 Å². The maximum Gasteiger partial charge on any atom is 0.341 e. The molecular weight excluding hydrogens is 275 g/mol. The third-order valence-electron chi connectivity index (χ3n) is 2.34. The molecule has 0 bridgehead atoms. The first-order valence-corrected chi connectivity index (χ1v) is 6.05. The second-order valence-corrected chi connectivity index (χ2v) is 4.35. The molecule has 94 valence electrons. The van der Waals surface area contributed by atoms with E-state index in [2.05, 4.69) is 10.2 Å². The first kappa shape index (κ1) is 12.9. The number of esters is 1. The summed E-state index contributed by atoms with van der Waals surface area (Å²) in [6.07, 6.45) is 1.41. The summed E-state index contributed by atoms with van der Waals surface area (Å²) in [5.41, 5.74) is 1.53. The topological polar surface area (TPSA) is 55.0 Å². The fourth-order valence-electron chi connectivity index (χ4n) is 1.55. The number of carbonyl (C=O) groups is 1.